The van der Waals surface area contributed by atoms with Gasteiger partial charge in [0.25, 0.3) is 5.91 Å². The summed E-state index contributed by atoms with van der Waals surface area (Å²) in [5, 5.41) is 11.9. The lowest BCUT2D eigenvalue weighted by atomic mass is 10.0. The van der Waals surface area contributed by atoms with Crippen molar-refractivity contribution >= 4 is 29.5 Å². The molecule has 2 rings (SSSR count). The second-order valence-electron chi connectivity index (χ2n) is 5.73. The average Bonchev–Trinajstić information content (AvgIpc) is 3.08. The number of carbonyl (C=O) groups excluding carboxylic acids is 2. The largest absolute Gasteiger partial charge is 0.481 e. The lowest BCUT2D eigenvalue weighted by Crippen LogP contribution is -2.48. The van der Waals surface area contributed by atoms with Gasteiger partial charge in [0, 0.05) is 17.9 Å². The van der Waals surface area contributed by atoms with E-state index in [1.165, 1.54) is 11.8 Å². The van der Waals surface area contributed by atoms with Gasteiger partial charge in [0.15, 0.2) is 0 Å². The number of aliphatic carboxylic acids is 1. The maximum absolute atomic E-state index is 12.5. The van der Waals surface area contributed by atoms with Crippen LogP contribution in [-0.4, -0.2) is 52.0 Å². The Morgan fingerprint density at radius 3 is 2.67 bits per heavy atom. The van der Waals surface area contributed by atoms with Crippen LogP contribution in [0.4, 0.5) is 0 Å². The summed E-state index contributed by atoms with van der Waals surface area (Å²) in [7, 11) is 0. The summed E-state index contributed by atoms with van der Waals surface area (Å²) in [6.45, 7) is 2.00. The molecule has 2 amide bonds. The molecule has 1 heterocycles. The molecule has 1 aromatic rings. The first-order chi connectivity index (χ1) is 11.5. The van der Waals surface area contributed by atoms with Gasteiger partial charge in [-0.3, -0.25) is 14.4 Å². The lowest BCUT2D eigenvalue weighted by molar-refractivity contribution is -0.142. The minimum atomic E-state index is -0.907. The maximum Gasteiger partial charge on any atom is 0.308 e. The SMILES string of the molecule is CCCC(CNC(=O)C1CSCN1C(=O)c1ccccc1)C(=O)O. The van der Waals surface area contributed by atoms with Gasteiger partial charge in [-0.05, 0) is 18.6 Å². The van der Waals surface area contributed by atoms with Crippen molar-refractivity contribution in [3.05, 3.63) is 35.9 Å². The molecule has 2 unspecified atom stereocenters. The molecule has 0 spiro atoms. The van der Waals surface area contributed by atoms with Gasteiger partial charge in [0.1, 0.15) is 6.04 Å². The topological polar surface area (TPSA) is 86.7 Å². The Labute approximate surface area is 145 Å². The summed E-state index contributed by atoms with van der Waals surface area (Å²) >= 11 is 1.52. The summed E-state index contributed by atoms with van der Waals surface area (Å²) in [6, 6.07) is 8.30. The number of nitrogens with zero attached hydrogens (tertiary/aromatic N) is 1. The van der Waals surface area contributed by atoms with Crippen LogP contribution in [0.25, 0.3) is 0 Å². The molecule has 6 nitrogen and oxygen atoms in total. The number of thioether (sulfide) groups is 1. The predicted octanol–water partition coefficient (Wildman–Crippen LogP) is 1.82. The third-order valence-electron chi connectivity index (χ3n) is 3.98. The van der Waals surface area contributed by atoms with E-state index in [-0.39, 0.29) is 18.4 Å². The second-order valence-corrected chi connectivity index (χ2v) is 6.73. The zero-order valence-electron chi connectivity index (χ0n) is 13.6. The molecule has 1 saturated heterocycles. The molecule has 130 valence electrons. The van der Waals surface area contributed by atoms with Crippen LogP contribution < -0.4 is 5.32 Å². The lowest BCUT2D eigenvalue weighted by Gasteiger charge is -2.24. The molecule has 0 bridgehead atoms. The van der Waals surface area contributed by atoms with E-state index in [1.54, 1.807) is 29.2 Å². The molecule has 1 aliphatic heterocycles. The van der Waals surface area contributed by atoms with Gasteiger partial charge in [0.05, 0.1) is 11.8 Å². The molecule has 0 aliphatic carbocycles. The van der Waals surface area contributed by atoms with Crippen molar-refractivity contribution in [1.82, 2.24) is 10.2 Å². The normalized spacial score (nSPS) is 18.2. The number of nitrogens with one attached hydrogen (secondary N) is 1. The van der Waals surface area contributed by atoms with Gasteiger partial charge in [0.2, 0.25) is 5.91 Å². The van der Waals surface area contributed by atoms with Crippen LogP contribution in [0.2, 0.25) is 0 Å². The summed E-state index contributed by atoms with van der Waals surface area (Å²) in [6.07, 6.45) is 1.26. The average molecular weight is 350 g/mol. The predicted molar refractivity (Wildman–Crippen MR) is 92.8 cm³/mol. The highest BCUT2D eigenvalue weighted by atomic mass is 32.2. The summed E-state index contributed by atoms with van der Waals surface area (Å²) in [4.78, 5) is 37.7. The molecule has 2 atom stereocenters. The standard InChI is InChI=1S/C17H22N2O4S/c1-2-6-13(17(22)23)9-18-15(20)14-10-24-11-19(14)16(21)12-7-4-3-5-8-12/h3-5,7-8,13-14H,2,6,9-11H2,1H3,(H,18,20)(H,22,23). The first kappa shape index (κ1) is 18.3. The number of benzene rings is 1. The first-order valence-electron chi connectivity index (χ1n) is 7.98. The van der Waals surface area contributed by atoms with Gasteiger partial charge >= 0.3 is 5.97 Å². The molecule has 0 saturated carbocycles. The van der Waals surface area contributed by atoms with E-state index in [1.807, 2.05) is 13.0 Å². The van der Waals surface area contributed by atoms with E-state index in [2.05, 4.69) is 5.32 Å². The number of amides is 2. The number of carboxylic acids is 1. The number of hydrogen-bond donors (Lipinski definition) is 2. The highest BCUT2D eigenvalue weighted by molar-refractivity contribution is 7.99. The third kappa shape index (κ3) is 4.50. The van der Waals surface area contributed by atoms with E-state index in [4.69, 9.17) is 5.11 Å². The smallest absolute Gasteiger partial charge is 0.308 e. The van der Waals surface area contributed by atoms with Crippen molar-refractivity contribution in [3.8, 4) is 0 Å². The van der Waals surface area contributed by atoms with Crippen molar-refractivity contribution in [2.45, 2.75) is 25.8 Å². The van der Waals surface area contributed by atoms with E-state index in [0.29, 0.717) is 23.6 Å². The maximum atomic E-state index is 12.5. The van der Waals surface area contributed by atoms with Crippen molar-refractivity contribution in [1.29, 1.82) is 0 Å². The number of carboxylic acid groups (broad SMARTS) is 1. The van der Waals surface area contributed by atoms with Crippen molar-refractivity contribution in [2.75, 3.05) is 18.2 Å². The molecule has 7 heteroatoms. The zero-order valence-corrected chi connectivity index (χ0v) is 14.4. The minimum Gasteiger partial charge on any atom is -0.481 e. The van der Waals surface area contributed by atoms with Crippen LogP contribution in [0.1, 0.15) is 30.1 Å². The Balaban J connectivity index is 1.98. The fraction of sp³-hybridized carbons (Fsp3) is 0.471. The highest BCUT2D eigenvalue weighted by Gasteiger charge is 2.35. The van der Waals surface area contributed by atoms with Crippen molar-refractivity contribution in [3.63, 3.8) is 0 Å². The molecule has 1 aliphatic rings. The molecule has 24 heavy (non-hydrogen) atoms. The van der Waals surface area contributed by atoms with Crippen LogP contribution in [0.3, 0.4) is 0 Å². The summed E-state index contributed by atoms with van der Waals surface area (Å²) < 4.78 is 0. The quantitative estimate of drug-likeness (QED) is 0.783. The van der Waals surface area contributed by atoms with Crippen LogP contribution >= 0.6 is 11.8 Å². The van der Waals surface area contributed by atoms with E-state index < -0.39 is 17.9 Å². The van der Waals surface area contributed by atoms with Crippen LogP contribution in [0.5, 0.6) is 0 Å². The van der Waals surface area contributed by atoms with Crippen LogP contribution in [-0.2, 0) is 9.59 Å². The van der Waals surface area contributed by atoms with E-state index in [9.17, 15) is 14.4 Å². The Morgan fingerprint density at radius 1 is 1.33 bits per heavy atom. The van der Waals surface area contributed by atoms with E-state index >= 15 is 0 Å². The van der Waals surface area contributed by atoms with Gasteiger partial charge < -0.3 is 15.3 Å². The molecule has 0 aromatic heterocycles. The minimum absolute atomic E-state index is 0.0938. The van der Waals surface area contributed by atoms with E-state index in [0.717, 1.165) is 6.42 Å². The monoisotopic (exact) mass is 350 g/mol. The summed E-state index contributed by atoms with van der Waals surface area (Å²) in [5.74, 6) is -0.976. The molecular weight excluding hydrogens is 328 g/mol. The van der Waals surface area contributed by atoms with Gasteiger partial charge in [-0.25, -0.2) is 0 Å². The van der Waals surface area contributed by atoms with Crippen molar-refractivity contribution < 1.29 is 19.5 Å². The van der Waals surface area contributed by atoms with Crippen LogP contribution in [0.15, 0.2) is 30.3 Å². The molecule has 1 fully saturated rings. The van der Waals surface area contributed by atoms with Crippen molar-refractivity contribution in [2.24, 2.45) is 5.92 Å². The Hall–Kier alpha value is -2.02. The fourth-order valence-corrected chi connectivity index (χ4v) is 3.76. The molecule has 0 radical (unpaired) electrons. The van der Waals surface area contributed by atoms with Crippen LogP contribution in [0, 0.1) is 5.92 Å². The Kier molecular flexibility index (Phi) is 6.66. The van der Waals surface area contributed by atoms with Gasteiger partial charge in [-0.2, -0.15) is 0 Å². The third-order valence-corrected chi connectivity index (χ3v) is 4.99. The Morgan fingerprint density at radius 2 is 2.04 bits per heavy atom. The number of rotatable bonds is 7. The van der Waals surface area contributed by atoms with Gasteiger partial charge in [-0.1, -0.05) is 31.5 Å². The van der Waals surface area contributed by atoms with Gasteiger partial charge in [-0.15, -0.1) is 11.8 Å². The first-order valence-corrected chi connectivity index (χ1v) is 9.14. The highest BCUT2D eigenvalue weighted by Crippen LogP contribution is 2.23. The fourth-order valence-electron chi connectivity index (χ4n) is 2.61. The molecule has 2 N–H and O–H groups in total. The Bertz CT molecular complexity index is 594. The second kappa shape index (κ2) is 8.73. The molecule has 1 aromatic carbocycles. The number of hydrogen-bond acceptors (Lipinski definition) is 4. The molecular formula is C17H22N2O4S. The zero-order chi connectivity index (χ0) is 17.5. The number of carbonyl (C=O) groups is 3. The summed E-state index contributed by atoms with van der Waals surface area (Å²) in [5.41, 5.74) is 0.548.